The summed E-state index contributed by atoms with van der Waals surface area (Å²) in [6.07, 6.45) is 0. The van der Waals surface area contributed by atoms with Gasteiger partial charge in [-0.05, 0) is 71.8 Å². The fourth-order valence-corrected chi connectivity index (χ4v) is 9.49. The van der Waals surface area contributed by atoms with E-state index in [1.165, 1.54) is 87.7 Å². The summed E-state index contributed by atoms with van der Waals surface area (Å²) < 4.78 is 7.38. The highest BCUT2D eigenvalue weighted by Gasteiger charge is 2.23. The molecule has 0 aliphatic heterocycles. The maximum absolute atomic E-state index is 2.50. The first-order chi connectivity index (χ1) is 28.3. The lowest BCUT2D eigenvalue weighted by molar-refractivity contribution is 1.17. The van der Waals surface area contributed by atoms with E-state index >= 15 is 0 Å². The Morgan fingerprint density at radius 1 is 0.263 bits per heavy atom. The monoisotopic (exact) mass is 725 g/mol. The number of hydrogen-bond acceptors (Lipinski definition) is 0. The van der Waals surface area contributed by atoms with Gasteiger partial charge < -0.3 is 13.7 Å². The van der Waals surface area contributed by atoms with Crippen molar-refractivity contribution in [3.63, 3.8) is 0 Å². The molecular formula is C54H35N3. The van der Waals surface area contributed by atoms with Gasteiger partial charge in [-0.15, -0.1) is 0 Å². The number of benzene rings is 9. The van der Waals surface area contributed by atoms with Crippen LogP contribution in [-0.4, -0.2) is 13.7 Å². The second-order valence-electron chi connectivity index (χ2n) is 14.9. The second-order valence-corrected chi connectivity index (χ2v) is 14.9. The van der Waals surface area contributed by atoms with Crippen molar-refractivity contribution in [3.05, 3.63) is 212 Å². The zero-order valence-electron chi connectivity index (χ0n) is 31.0. The number of hydrogen-bond donors (Lipinski definition) is 0. The molecule has 9 aromatic carbocycles. The lowest BCUT2D eigenvalue weighted by atomic mass is 9.99. The number of aromatic nitrogens is 3. The molecule has 0 spiro atoms. The maximum Gasteiger partial charge on any atom is 0.0620 e. The van der Waals surface area contributed by atoms with Crippen molar-refractivity contribution >= 4 is 65.4 Å². The first kappa shape index (κ1) is 31.7. The van der Waals surface area contributed by atoms with Gasteiger partial charge in [-0.2, -0.15) is 0 Å². The van der Waals surface area contributed by atoms with E-state index in [1.54, 1.807) is 0 Å². The number of nitrogens with zero attached hydrogens (tertiary/aromatic N) is 3. The third kappa shape index (κ3) is 4.66. The Kier molecular flexibility index (Phi) is 6.93. The lowest BCUT2D eigenvalue weighted by Crippen LogP contribution is -1.99. The van der Waals surface area contributed by atoms with Gasteiger partial charge in [0.1, 0.15) is 0 Å². The first-order valence-electron chi connectivity index (χ1n) is 19.6. The van der Waals surface area contributed by atoms with Crippen LogP contribution in [0.5, 0.6) is 0 Å². The topological polar surface area (TPSA) is 14.8 Å². The summed E-state index contributed by atoms with van der Waals surface area (Å²) in [5, 5.41) is 7.52. The van der Waals surface area contributed by atoms with Gasteiger partial charge in [-0.3, -0.25) is 0 Å². The molecule has 0 aliphatic rings. The zero-order chi connectivity index (χ0) is 37.5. The fraction of sp³-hybridized carbons (Fsp3) is 0. The summed E-state index contributed by atoms with van der Waals surface area (Å²) in [6.45, 7) is 0. The average molecular weight is 726 g/mol. The van der Waals surface area contributed by atoms with Crippen molar-refractivity contribution in [3.8, 4) is 39.3 Å². The minimum atomic E-state index is 1.15. The van der Waals surface area contributed by atoms with Gasteiger partial charge in [0.2, 0.25) is 0 Å². The van der Waals surface area contributed by atoms with Gasteiger partial charge in [0.05, 0.1) is 38.8 Å². The smallest absolute Gasteiger partial charge is 0.0620 e. The van der Waals surface area contributed by atoms with E-state index in [1.807, 2.05) is 0 Å². The SMILES string of the molecule is c1ccc(-c2cccc(-n3c4ccccc4c4c5c6ccccc6n(-c6ccccc6-c6cccc7c8ccccc8n(-c8ccccc8)c67)c5ccc43)c2)cc1. The van der Waals surface area contributed by atoms with Gasteiger partial charge in [-0.25, -0.2) is 0 Å². The molecule has 0 amide bonds. The Morgan fingerprint density at radius 2 is 0.754 bits per heavy atom. The molecule has 0 atom stereocenters. The predicted molar refractivity (Wildman–Crippen MR) is 240 cm³/mol. The Morgan fingerprint density at radius 3 is 1.49 bits per heavy atom. The predicted octanol–water partition coefficient (Wildman–Crippen LogP) is 14.3. The van der Waals surface area contributed by atoms with E-state index in [0.29, 0.717) is 0 Å². The van der Waals surface area contributed by atoms with E-state index < -0.39 is 0 Å². The molecule has 0 fully saturated rings. The first-order valence-corrected chi connectivity index (χ1v) is 19.6. The summed E-state index contributed by atoms with van der Waals surface area (Å²) in [4.78, 5) is 0. The van der Waals surface area contributed by atoms with Crippen LogP contribution < -0.4 is 0 Å². The molecule has 266 valence electrons. The van der Waals surface area contributed by atoms with Crippen molar-refractivity contribution in [2.45, 2.75) is 0 Å². The molecule has 12 rings (SSSR count). The second kappa shape index (κ2) is 12.5. The molecular weight excluding hydrogens is 691 g/mol. The largest absolute Gasteiger partial charge is 0.309 e. The van der Waals surface area contributed by atoms with E-state index in [4.69, 9.17) is 0 Å². The molecule has 0 saturated carbocycles. The summed E-state index contributed by atoms with van der Waals surface area (Å²) in [5.41, 5.74) is 15.4. The van der Waals surface area contributed by atoms with Crippen LogP contribution >= 0.6 is 0 Å². The summed E-state index contributed by atoms with van der Waals surface area (Å²) in [6, 6.07) is 77.3. The van der Waals surface area contributed by atoms with Gasteiger partial charge in [0, 0.05) is 54.8 Å². The van der Waals surface area contributed by atoms with Crippen molar-refractivity contribution in [2.75, 3.05) is 0 Å². The highest BCUT2D eigenvalue weighted by molar-refractivity contribution is 6.29. The minimum Gasteiger partial charge on any atom is -0.309 e. The number of fused-ring (bicyclic) bond motifs is 10. The van der Waals surface area contributed by atoms with Crippen molar-refractivity contribution in [1.29, 1.82) is 0 Å². The zero-order valence-corrected chi connectivity index (χ0v) is 31.0. The van der Waals surface area contributed by atoms with Gasteiger partial charge in [-0.1, -0.05) is 152 Å². The van der Waals surface area contributed by atoms with Gasteiger partial charge in [0.15, 0.2) is 0 Å². The molecule has 3 heteroatoms. The summed E-state index contributed by atoms with van der Waals surface area (Å²) >= 11 is 0. The van der Waals surface area contributed by atoms with Gasteiger partial charge in [0.25, 0.3) is 0 Å². The third-order valence-electron chi connectivity index (χ3n) is 11.8. The van der Waals surface area contributed by atoms with Crippen LogP contribution in [0.2, 0.25) is 0 Å². The molecule has 0 saturated heterocycles. The Hall–Kier alpha value is -7.62. The molecule has 3 nitrogen and oxygen atoms in total. The lowest BCUT2D eigenvalue weighted by Gasteiger charge is -2.17. The van der Waals surface area contributed by atoms with Crippen LogP contribution in [0.25, 0.3) is 105 Å². The van der Waals surface area contributed by atoms with Crippen LogP contribution in [0, 0.1) is 0 Å². The Bertz CT molecular complexity index is 3510. The molecule has 57 heavy (non-hydrogen) atoms. The molecule has 12 aromatic rings. The van der Waals surface area contributed by atoms with Gasteiger partial charge >= 0.3 is 0 Å². The normalized spacial score (nSPS) is 11.9. The van der Waals surface area contributed by atoms with Crippen LogP contribution in [-0.2, 0) is 0 Å². The van der Waals surface area contributed by atoms with E-state index in [9.17, 15) is 0 Å². The van der Waals surface area contributed by atoms with E-state index in [2.05, 4.69) is 226 Å². The molecule has 3 heterocycles. The van der Waals surface area contributed by atoms with Crippen LogP contribution in [0.1, 0.15) is 0 Å². The summed E-state index contributed by atoms with van der Waals surface area (Å²) in [5.74, 6) is 0. The van der Waals surface area contributed by atoms with Crippen LogP contribution in [0.15, 0.2) is 212 Å². The number of rotatable bonds is 5. The third-order valence-corrected chi connectivity index (χ3v) is 11.8. The average Bonchev–Trinajstić information content (AvgIpc) is 3.93. The molecule has 0 bridgehead atoms. The van der Waals surface area contributed by atoms with Crippen LogP contribution in [0.4, 0.5) is 0 Å². The number of para-hydroxylation sites is 6. The quantitative estimate of drug-likeness (QED) is 0.168. The van der Waals surface area contributed by atoms with E-state index in [0.717, 1.165) is 17.1 Å². The van der Waals surface area contributed by atoms with Crippen LogP contribution in [0.3, 0.4) is 0 Å². The molecule has 3 aromatic heterocycles. The minimum absolute atomic E-state index is 1.15. The highest BCUT2D eigenvalue weighted by atomic mass is 15.0. The molecule has 0 radical (unpaired) electrons. The standard InChI is InChI=1S/C54H35N3/c1-3-17-36(18-4-1)37-19-15-22-39(35-37)55-48-31-13-9-25-44(48)52-50(55)33-34-51-53(52)45-26-10-14-32-49(45)57(51)47-30-12-8-24-41(47)43-28-16-27-42-40-23-7-11-29-46(40)56(54(42)43)38-20-5-2-6-21-38/h1-35H. The van der Waals surface area contributed by atoms with Crippen molar-refractivity contribution < 1.29 is 0 Å². The highest BCUT2D eigenvalue weighted by Crippen LogP contribution is 2.45. The van der Waals surface area contributed by atoms with Crippen molar-refractivity contribution in [2.24, 2.45) is 0 Å². The molecule has 0 unspecified atom stereocenters. The maximum atomic E-state index is 2.50. The van der Waals surface area contributed by atoms with E-state index in [-0.39, 0.29) is 0 Å². The Labute approximate surface area is 329 Å². The molecule has 0 N–H and O–H groups in total. The molecule has 0 aliphatic carbocycles. The fourth-order valence-electron chi connectivity index (χ4n) is 9.49. The Balaban J connectivity index is 1.16. The van der Waals surface area contributed by atoms with Crippen molar-refractivity contribution in [1.82, 2.24) is 13.7 Å². The summed E-state index contributed by atoms with van der Waals surface area (Å²) in [7, 11) is 0.